The van der Waals surface area contributed by atoms with Gasteiger partial charge in [-0.15, -0.1) is 11.3 Å². The van der Waals surface area contributed by atoms with E-state index < -0.39 is 11.9 Å². The van der Waals surface area contributed by atoms with Crippen molar-refractivity contribution in [3.8, 4) is 0 Å². The van der Waals surface area contributed by atoms with Crippen molar-refractivity contribution >= 4 is 17.2 Å². The third-order valence-electron chi connectivity index (χ3n) is 2.56. The highest BCUT2D eigenvalue weighted by Gasteiger charge is 2.32. The summed E-state index contributed by atoms with van der Waals surface area (Å²) in [6.07, 6.45) is -2.01. The maximum atomic E-state index is 12.6. The molecule has 0 unspecified atom stereocenters. The Morgan fingerprint density at radius 2 is 2.11 bits per heavy atom. The van der Waals surface area contributed by atoms with E-state index in [-0.39, 0.29) is 0 Å². The Balaban J connectivity index is 2.04. The number of likely N-dealkylation sites (N-methyl/N-ethyl adjacent to an activating group) is 1. The van der Waals surface area contributed by atoms with Gasteiger partial charge in [0, 0.05) is 31.6 Å². The van der Waals surface area contributed by atoms with E-state index in [0.29, 0.717) is 18.8 Å². The lowest BCUT2D eigenvalue weighted by molar-refractivity contribution is -0.141. The zero-order chi connectivity index (χ0) is 13.9. The maximum Gasteiger partial charge on any atom is 0.433 e. The summed E-state index contributed by atoms with van der Waals surface area (Å²) in [4.78, 5) is 9.45. The maximum absolute atomic E-state index is 12.6. The molecule has 2 aromatic heterocycles. The van der Waals surface area contributed by atoms with E-state index in [4.69, 9.17) is 0 Å². The number of anilines is 1. The molecule has 2 aromatic rings. The van der Waals surface area contributed by atoms with Crippen LogP contribution in [0.15, 0.2) is 29.8 Å². The summed E-state index contributed by atoms with van der Waals surface area (Å²) in [5.41, 5.74) is -0.869. The number of rotatable bonds is 4. The van der Waals surface area contributed by atoms with Gasteiger partial charge in [0.15, 0.2) is 0 Å². The van der Waals surface area contributed by atoms with Crippen LogP contribution in [0.4, 0.5) is 19.0 Å². The number of pyridine rings is 1. The number of halogens is 3. The zero-order valence-electron chi connectivity index (χ0n) is 10.2. The molecule has 0 saturated carbocycles. The molecule has 0 aliphatic rings. The van der Waals surface area contributed by atoms with Crippen molar-refractivity contribution in [2.45, 2.75) is 12.6 Å². The Bertz CT molecular complexity index is 525. The number of hydrogen-bond donors (Lipinski definition) is 0. The van der Waals surface area contributed by atoms with Gasteiger partial charge in [0.25, 0.3) is 0 Å². The first-order valence-electron chi connectivity index (χ1n) is 5.60. The molecule has 102 valence electrons. The summed E-state index contributed by atoms with van der Waals surface area (Å²) in [5.74, 6) is 0.311. The minimum Gasteiger partial charge on any atom is -0.359 e. The first kappa shape index (κ1) is 13.8. The second-order valence-electron chi connectivity index (χ2n) is 3.98. The molecule has 7 heteroatoms. The number of nitrogens with zero attached hydrogens (tertiary/aromatic N) is 3. The normalized spacial score (nSPS) is 11.6. The summed E-state index contributed by atoms with van der Waals surface area (Å²) >= 11 is 1.53. The molecule has 0 spiro atoms. The fraction of sp³-hybridized carbons (Fsp3) is 0.333. The Morgan fingerprint density at radius 3 is 2.74 bits per heavy atom. The van der Waals surface area contributed by atoms with Crippen LogP contribution in [0.2, 0.25) is 0 Å². The molecule has 0 fully saturated rings. The second kappa shape index (κ2) is 5.56. The zero-order valence-corrected chi connectivity index (χ0v) is 11.0. The summed E-state index contributed by atoms with van der Waals surface area (Å²) in [7, 11) is 1.72. The van der Waals surface area contributed by atoms with Crippen LogP contribution < -0.4 is 4.90 Å². The first-order valence-corrected chi connectivity index (χ1v) is 6.48. The molecule has 2 heterocycles. The van der Waals surface area contributed by atoms with Crippen LogP contribution in [0, 0.1) is 0 Å². The van der Waals surface area contributed by atoms with E-state index in [9.17, 15) is 13.2 Å². The monoisotopic (exact) mass is 287 g/mol. The smallest absolute Gasteiger partial charge is 0.359 e. The Hall–Kier alpha value is -1.63. The summed E-state index contributed by atoms with van der Waals surface area (Å²) in [6.45, 7) is 0.571. The van der Waals surface area contributed by atoms with Crippen molar-refractivity contribution in [3.05, 3.63) is 40.5 Å². The average molecular weight is 287 g/mol. The third kappa shape index (κ3) is 3.66. The Labute approximate surface area is 112 Å². The van der Waals surface area contributed by atoms with Crippen LogP contribution in [0.5, 0.6) is 0 Å². The summed E-state index contributed by atoms with van der Waals surface area (Å²) in [5, 5.41) is 2.83. The SMILES string of the molecule is CN(CCc1nccs1)c1cccc(C(F)(F)F)n1. The average Bonchev–Trinajstić information content (AvgIpc) is 2.88. The van der Waals surface area contributed by atoms with Crippen molar-refractivity contribution in [1.29, 1.82) is 0 Å². The van der Waals surface area contributed by atoms with Gasteiger partial charge in [0.2, 0.25) is 0 Å². The van der Waals surface area contributed by atoms with Crippen LogP contribution in [0.3, 0.4) is 0 Å². The van der Waals surface area contributed by atoms with Crippen LogP contribution in [0.1, 0.15) is 10.7 Å². The molecule has 0 aromatic carbocycles. The van der Waals surface area contributed by atoms with Crippen LogP contribution in [-0.4, -0.2) is 23.6 Å². The van der Waals surface area contributed by atoms with Gasteiger partial charge in [-0.1, -0.05) is 6.07 Å². The predicted molar refractivity (Wildman–Crippen MR) is 68.3 cm³/mol. The van der Waals surface area contributed by atoms with Crippen molar-refractivity contribution in [2.75, 3.05) is 18.5 Å². The molecular weight excluding hydrogens is 275 g/mol. The molecule has 0 aliphatic carbocycles. The topological polar surface area (TPSA) is 29.0 Å². The fourth-order valence-corrected chi connectivity index (χ4v) is 2.16. The molecule has 2 rings (SSSR count). The lowest BCUT2D eigenvalue weighted by atomic mass is 10.3. The van der Waals surface area contributed by atoms with Crippen LogP contribution in [-0.2, 0) is 12.6 Å². The van der Waals surface area contributed by atoms with Gasteiger partial charge >= 0.3 is 6.18 Å². The number of alkyl halides is 3. The highest BCUT2D eigenvalue weighted by Crippen LogP contribution is 2.28. The van der Waals surface area contributed by atoms with Crippen molar-refractivity contribution in [2.24, 2.45) is 0 Å². The summed E-state index contributed by atoms with van der Waals surface area (Å²) < 4.78 is 37.7. The molecular formula is C12H12F3N3S. The molecule has 0 aliphatic heterocycles. The van der Waals surface area contributed by atoms with Gasteiger partial charge in [0.05, 0.1) is 5.01 Å². The first-order chi connectivity index (χ1) is 8.97. The second-order valence-corrected chi connectivity index (χ2v) is 4.96. The van der Waals surface area contributed by atoms with Gasteiger partial charge < -0.3 is 4.90 Å². The van der Waals surface area contributed by atoms with Crippen molar-refractivity contribution < 1.29 is 13.2 Å². The summed E-state index contributed by atoms with van der Waals surface area (Å²) in [6, 6.07) is 3.90. The van der Waals surface area contributed by atoms with Gasteiger partial charge in [-0.25, -0.2) is 9.97 Å². The van der Waals surface area contributed by atoms with Gasteiger partial charge in [-0.2, -0.15) is 13.2 Å². The van der Waals surface area contributed by atoms with Gasteiger partial charge in [-0.05, 0) is 12.1 Å². The van der Waals surface area contributed by atoms with E-state index in [1.807, 2.05) is 5.38 Å². The number of aromatic nitrogens is 2. The molecule has 0 atom stereocenters. The minimum atomic E-state index is -4.41. The largest absolute Gasteiger partial charge is 0.433 e. The number of hydrogen-bond acceptors (Lipinski definition) is 4. The van der Waals surface area contributed by atoms with Gasteiger partial charge in [-0.3, -0.25) is 0 Å². The lowest BCUT2D eigenvalue weighted by Crippen LogP contribution is -2.22. The lowest BCUT2D eigenvalue weighted by Gasteiger charge is -2.18. The Morgan fingerprint density at radius 1 is 1.32 bits per heavy atom. The highest BCUT2D eigenvalue weighted by atomic mass is 32.1. The van der Waals surface area contributed by atoms with Gasteiger partial charge in [0.1, 0.15) is 11.5 Å². The van der Waals surface area contributed by atoms with E-state index in [2.05, 4.69) is 9.97 Å². The molecule has 0 amide bonds. The predicted octanol–water partition coefficient (Wildman–Crippen LogP) is 3.24. The molecule has 19 heavy (non-hydrogen) atoms. The fourth-order valence-electron chi connectivity index (χ4n) is 1.55. The Kier molecular flexibility index (Phi) is 4.04. The standard InChI is InChI=1S/C12H12F3N3S/c1-18(7-5-11-16-6-8-19-11)10-4-2-3-9(17-10)12(13,14)15/h2-4,6,8H,5,7H2,1H3. The molecule has 0 N–H and O–H groups in total. The quantitative estimate of drug-likeness (QED) is 0.864. The van der Waals surface area contributed by atoms with E-state index in [0.717, 1.165) is 11.1 Å². The highest BCUT2D eigenvalue weighted by molar-refractivity contribution is 7.09. The van der Waals surface area contributed by atoms with Crippen molar-refractivity contribution in [1.82, 2.24) is 9.97 Å². The third-order valence-corrected chi connectivity index (χ3v) is 3.40. The van der Waals surface area contributed by atoms with Crippen LogP contribution >= 0.6 is 11.3 Å². The van der Waals surface area contributed by atoms with Crippen LogP contribution in [0.25, 0.3) is 0 Å². The molecule has 0 radical (unpaired) electrons. The molecule has 3 nitrogen and oxygen atoms in total. The van der Waals surface area contributed by atoms with E-state index >= 15 is 0 Å². The van der Waals surface area contributed by atoms with E-state index in [1.54, 1.807) is 24.2 Å². The number of thiazole rings is 1. The molecule has 0 saturated heterocycles. The van der Waals surface area contributed by atoms with Crippen molar-refractivity contribution in [3.63, 3.8) is 0 Å². The minimum absolute atomic E-state index is 0.311. The van der Waals surface area contributed by atoms with E-state index in [1.165, 1.54) is 17.4 Å². The molecule has 0 bridgehead atoms.